The average molecular weight is 752 g/mol. The summed E-state index contributed by atoms with van der Waals surface area (Å²) in [6.45, 7) is 0. The maximum absolute atomic E-state index is 6.66. The van der Waals surface area contributed by atoms with Crippen LogP contribution in [0.15, 0.2) is 229 Å². The van der Waals surface area contributed by atoms with Crippen molar-refractivity contribution in [2.75, 3.05) is 4.90 Å². The summed E-state index contributed by atoms with van der Waals surface area (Å²) < 4.78 is 6.66. The second-order valence-electron chi connectivity index (χ2n) is 15.5. The van der Waals surface area contributed by atoms with Crippen LogP contribution < -0.4 is 4.90 Å². The number of fused-ring (bicyclic) bond motifs is 9. The summed E-state index contributed by atoms with van der Waals surface area (Å²) in [4.78, 5) is 2.57. The van der Waals surface area contributed by atoms with Crippen molar-refractivity contribution in [1.82, 2.24) is 0 Å². The minimum absolute atomic E-state index is 0.557. The topological polar surface area (TPSA) is 16.4 Å². The normalized spacial score (nSPS) is 12.9. The predicted molar refractivity (Wildman–Crippen MR) is 246 cm³/mol. The number of benzene rings is 10. The molecule has 0 aliphatic heterocycles. The van der Waals surface area contributed by atoms with Gasteiger partial charge in [-0.3, -0.25) is 0 Å². The first kappa shape index (κ1) is 33.5. The summed E-state index contributed by atoms with van der Waals surface area (Å²) in [5, 5.41) is 7.00. The molecule has 11 aromatic rings. The highest BCUT2D eigenvalue weighted by Crippen LogP contribution is 2.61. The summed E-state index contributed by atoms with van der Waals surface area (Å²) in [7, 11) is 0. The molecule has 2 heteroatoms. The van der Waals surface area contributed by atoms with Gasteiger partial charge in [0.1, 0.15) is 11.2 Å². The van der Waals surface area contributed by atoms with Crippen molar-refractivity contribution in [3.8, 4) is 22.3 Å². The molecule has 59 heavy (non-hydrogen) atoms. The van der Waals surface area contributed by atoms with Crippen LogP contribution in [0.3, 0.4) is 0 Å². The third-order valence-electron chi connectivity index (χ3n) is 12.5. The van der Waals surface area contributed by atoms with Crippen molar-refractivity contribution in [3.05, 3.63) is 247 Å². The summed E-state index contributed by atoms with van der Waals surface area (Å²) in [6.07, 6.45) is 0. The second kappa shape index (κ2) is 13.2. The summed E-state index contributed by atoms with van der Waals surface area (Å²) >= 11 is 0. The Hall–Kier alpha value is -7.68. The Kier molecular flexibility index (Phi) is 7.48. The van der Waals surface area contributed by atoms with E-state index in [4.69, 9.17) is 4.42 Å². The van der Waals surface area contributed by atoms with Gasteiger partial charge in [-0.1, -0.05) is 200 Å². The van der Waals surface area contributed by atoms with Crippen molar-refractivity contribution in [2.24, 2.45) is 0 Å². The van der Waals surface area contributed by atoms with Crippen molar-refractivity contribution in [3.63, 3.8) is 0 Å². The highest BCUT2D eigenvalue weighted by molar-refractivity contribution is 6.24. The van der Waals surface area contributed by atoms with E-state index in [1.807, 2.05) is 0 Å². The van der Waals surface area contributed by atoms with E-state index in [0.717, 1.165) is 44.6 Å². The second-order valence-corrected chi connectivity index (χ2v) is 15.5. The zero-order chi connectivity index (χ0) is 38.9. The lowest BCUT2D eigenvalue weighted by Gasteiger charge is -2.35. The zero-order valence-corrected chi connectivity index (χ0v) is 32.2. The van der Waals surface area contributed by atoms with Gasteiger partial charge in [0.25, 0.3) is 0 Å². The molecule has 0 fully saturated rings. The number of rotatable bonds is 6. The lowest BCUT2D eigenvalue weighted by Crippen LogP contribution is -2.28. The Bertz CT molecular complexity index is 3340. The molecule has 0 radical (unpaired) electrons. The molecule has 1 aromatic heterocycles. The quantitative estimate of drug-likeness (QED) is 0.157. The van der Waals surface area contributed by atoms with Crippen LogP contribution in [0.25, 0.3) is 65.7 Å². The Morgan fingerprint density at radius 2 is 0.847 bits per heavy atom. The molecule has 0 spiro atoms. The molecule has 10 aromatic carbocycles. The minimum Gasteiger partial charge on any atom is -0.456 e. The van der Waals surface area contributed by atoms with Gasteiger partial charge in [0.2, 0.25) is 0 Å². The standard InChI is InChI=1S/C57H37NO/c1-4-20-38(21-5-1)53-43-28-12-10-26-41(43)42-27-11-13-29-44(42)56(53)58(50-35-19-37-52-55(50)46-31-15-17-36-51(46)59-52)49-34-18-33-48-54(49)45-30-14-16-32-47(45)57(48,39-22-6-2-7-23-39)40-24-8-3-9-25-40/h1-37H. The van der Waals surface area contributed by atoms with E-state index in [1.165, 1.54) is 60.5 Å². The lowest BCUT2D eigenvalue weighted by molar-refractivity contribution is 0.669. The summed E-state index contributed by atoms with van der Waals surface area (Å²) in [6, 6.07) is 81.9. The molecule has 0 bridgehead atoms. The number of para-hydroxylation sites is 1. The van der Waals surface area contributed by atoms with Gasteiger partial charge in [0.15, 0.2) is 0 Å². The Labute approximate surface area is 342 Å². The molecular formula is C57H37NO. The van der Waals surface area contributed by atoms with E-state index in [2.05, 4.69) is 229 Å². The molecule has 12 rings (SSSR count). The predicted octanol–water partition coefficient (Wildman–Crippen LogP) is 15.4. The first-order valence-electron chi connectivity index (χ1n) is 20.4. The maximum Gasteiger partial charge on any atom is 0.137 e. The molecule has 2 nitrogen and oxygen atoms in total. The number of furan rings is 1. The fourth-order valence-electron chi connectivity index (χ4n) is 10.2. The molecule has 1 aliphatic rings. The van der Waals surface area contributed by atoms with E-state index in [0.29, 0.717) is 0 Å². The summed E-state index contributed by atoms with van der Waals surface area (Å²) in [5.41, 5.74) is 14.3. The molecular weight excluding hydrogens is 715 g/mol. The molecule has 0 saturated heterocycles. The van der Waals surface area contributed by atoms with Crippen molar-refractivity contribution in [1.29, 1.82) is 0 Å². The van der Waals surface area contributed by atoms with E-state index >= 15 is 0 Å². The molecule has 1 heterocycles. The average Bonchev–Trinajstić information content (AvgIpc) is 3.85. The fraction of sp³-hybridized carbons (Fsp3) is 0.0175. The van der Waals surface area contributed by atoms with Crippen LogP contribution in [-0.2, 0) is 5.41 Å². The SMILES string of the molecule is c1ccc(-c2c(N(c3cccc4c3-c3ccccc3C4(c3ccccc3)c3ccccc3)c3cccc4oc5ccccc5c34)c3ccccc3c3ccccc23)cc1. The third kappa shape index (κ3) is 4.81. The van der Waals surface area contributed by atoms with E-state index < -0.39 is 5.41 Å². The number of nitrogens with zero attached hydrogens (tertiary/aromatic N) is 1. The van der Waals surface area contributed by atoms with E-state index in [1.54, 1.807) is 0 Å². The first-order chi connectivity index (χ1) is 29.3. The highest BCUT2D eigenvalue weighted by atomic mass is 16.3. The molecule has 0 atom stereocenters. The third-order valence-corrected chi connectivity index (χ3v) is 12.5. The number of anilines is 3. The Morgan fingerprint density at radius 3 is 1.58 bits per heavy atom. The van der Waals surface area contributed by atoms with Gasteiger partial charge in [-0.15, -0.1) is 0 Å². The van der Waals surface area contributed by atoms with Crippen LogP contribution in [0.1, 0.15) is 22.3 Å². The minimum atomic E-state index is -0.557. The maximum atomic E-state index is 6.66. The van der Waals surface area contributed by atoms with E-state index in [9.17, 15) is 0 Å². The number of hydrogen-bond donors (Lipinski definition) is 0. The fourth-order valence-corrected chi connectivity index (χ4v) is 10.2. The monoisotopic (exact) mass is 751 g/mol. The molecule has 1 aliphatic carbocycles. The van der Waals surface area contributed by atoms with Gasteiger partial charge in [-0.05, 0) is 73.8 Å². The van der Waals surface area contributed by atoms with Crippen LogP contribution in [0.5, 0.6) is 0 Å². The van der Waals surface area contributed by atoms with Crippen LogP contribution in [0.4, 0.5) is 17.1 Å². The lowest BCUT2D eigenvalue weighted by atomic mass is 9.68. The van der Waals surface area contributed by atoms with Crippen molar-refractivity contribution < 1.29 is 4.42 Å². The summed E-state index contributed by atoms with van der Waals surface area (Å²) in [5.74, 6) is 0. The first-order valence-corrected chi connectivity index (χ1v) is 20.4. The van der Waals surface area contributed by atoms with Gasteiger partial charge in [-0.2, -0.15) is 0 Å². The molecule has 0 N–H and O–H groups in total. The van der Waals surface area contributed by atoms with Gasteiger partial charge in [0, 0.05) is 21.9 Å². The van der Waals surface area contributed by atoms with Crippen LogP contribution in [-0.4, -0.2) is 0 Å². The van der Waals surface area contributed by atoms with Crippen LogP contribution in [0.2, 0.25) is 0 Å². The molecule has 276 valence electrons. The highest BCUT2D eigenvalue weighted by Gasteiger charge is 2.47. The Balaban J connectivity index is 1.30. The molecule has 0 amide bonds. The Morgan fingerprint density at radius 1 is 0.339 bits per heavy atom. The van der Waals surface area contributed by atoms with Gasteiger partial charge >= 0.3 is 0 Å². The number of hydrogen-bond acceptors (Lipinski definition) is 2. The van der Waals surface area contributed by atoms with Gasteiger partial charge < -0.3 is 9.32 Å². The van der Waals surface area contributed by atoms with Gasteiger partial charge in [0.05, 0.1) is 27.9 Å². The largest absolute Gasteiger partial charge is 0.456 e. The van der Waals surface area contributed by atoms with Crippen molar-refractivity contribution >= 4 is 60.5 Å². The smallest absolute Gasteiger partial charge is 0.137 e. The van der Waals surface area contributed by atoms with Crippen molar-refractivity contribution in [2.45, 2.75) is 5.41 Å². The molecule has 0 saturated carbocycles. The van der Waals surface area contributed by atoms with E-state index in [-0.39, 0.29) is 0 Å². The van der Waals surface area contributed by atoms with Gasteiger partial charge in [-0.25, -0.2) is 0 Å². The van der Waals surface area contributed by atoms with Crippen LogP contribution in [0, 0.1) is 0 Å². The van der Waals surface area contributed by atoms with Crippen LogP contribution >= 0.6 is 0 Å². The molecule has 0 unspecified atom stereocenters. The zero-order valence-electron chi connectivity index (χ0n) is 32.2.